The van der Waals surface area contributed by atoms with Crippen molar-refractivity contribution >= 4 is 29.3 Å². The van der Waals surface area contributed by atoms with E-state index >= 15 is 0 Å². The zero-order valence-electron chi connectivity index (χ0n) is 11.8. The van der Waals surface area contributed by atoms with Crippen LogP contribution in [0.2, 0.25) is 5.02 Å². The first-order valence-electron chi connectivity index (χ1n) is 6.38. The zero-order chi connectivity index (χ0) is 15.3. The van der Waals surface area contributed by atoms with Crippen LogP contribution in [0.15, 0.2) is 18.2 Å². The van der Waals surface area contributed by atoms with Crippen LogP contribution in [0.1, 0.15) is 32.3 Å². The summed E-state index contributed by atoms with van der Waals surface area (Å²) >= 11 is 5.96. The minimum absolute atomic E-state index is 0.351. The van der Waals surface area contributed by atoms with E-state index in [-0.39, 0.29) is 0 Å². The van der Waals surface area contributed by atoms with E-state index < -0.39 is 17.5 Å². The molecule has 110 valence electrons. The highest BCUT2D eigenvalue weighted by molar-refractivity contribution is 6.31. The molecule has 1 aromatic rings. The summed E-state index contributed by atoms with van der Waals surface area (Å²) in [6.07, 6.45) is 1.00. The molecule has 0 saturated heterocycles. The van der Waals surface area contributed by atoms with Crippen molar-refractivity contribution < 1.29 is 14.7 Å². The molecule has 1 aromatic carbocycles. The first kappa shape index (κ1) is 16.3. The van der Waals surface area contributed by atoms with Crippen molar-refractivity contribution in [2.75, 3.05) is 5.32 Å². The molecule has 0 aliphatic heterocycles. The number of nitrogens with one attached hydrogen (secondary N) is 2. The highest BCUT2D eigenvalue weighted by atomic mass is 35.5. The number of rotatable bonds is 5. The van der Waals surface area contributed by atoms with Crippen LogP contribution < -0.4 is 10.6 Å². The monoisotopic (exact) mass is 298 g/mol. The lowest BCUT2D eigenvalue weighted by atomic mass is 9.97. The summed E-state index contributed by atoms with van der Waals surface area (Å²) < 4.78 is 0. The number of carboxylic acid groups (broad SMARTS) is 1. The molecule has 2 amide bonds. The molecular formula is C14H19ClN2O3. The molecule has 0 radical (unpaired) electrons. The van der Waals surface area contributed by atoms with Crippen molar-refractivity contribution in [1.29, 1.82) is 0 Å². The average molecular weight is 299 g/mol. The Kier molecular flexibility index (Phi) is 5.39. The van der Waals surface area contributed by atoms with Gasteiger partial charge < -0.3 is 15.7 Å². The SMILES string of the molecule is CCCC(C)(NC(=O)Nc1cccc(Cl)c1C)C(=O)O. The van der Waals surface area contributed by atoms with Gasteiger partial charge in [0.05, 0.1) is 0 Å². The van der Waals surface area contributed by atoms with Crippen LogP contribution >= 0.6 is 11.6 Å². The van der Waals surface area contributed by atoms with E-state index in [4.69, 9.17) is 11.6 Å². The smallest absolute Gasteiger partial charge is 0.329 e. The van der Waals surface area contributed by atoms with Gasteiger partial charge in [0, 0.05) is 10.7 Å². The van der Waals surface area contributed by atoms with Crippen LogP contribution in [-0.2, 0) is 4.79 Å². The highest BCUT2D eigenvalue weighted by Gasteiger charge is 2.33. The molecular weight excluding hydrogens is 280 g/mol. The van der Waals surface area contributed by atoms with Gasteiger partial charge >= 0.3 is 12.0 Å². The van der Waals surface area contributed by atoms with Crippen molar-refractivity contribution in [3.05, 3.63) is 28.8 Å². The third-order valence-electron chi connectivity index (χ3n) is 3.13. The Balaban J connectivity index is 2.81. The number of carbonyl (C=O) groups is 2. The maximum absolute atomic E-state index is 11.9. The second-order valence-electron chi connectivity index (χ2n) is 4.88. The third kappa shape index (κ3) is 3.87. The summed E-state index contributed by atoms with van der Waals surface area (Å²) in [6.45, 7) is 5.13. The molecule has 0 aromatic heterocycles. The molecule has 0 heterocycles. The van der Waals surface area contributed by atoms with Gasteiger partial charge in [-0.15, -0.1) is 0 Å². The topological polar surface area (TPSA) is 78.4 Å². The molecule has 20 heavy (non-hydrogen) atoms. The number of hydrogen-bond donors (Lipinski definition) is 3. The Morgan fingerprint density at radius 2 is 2.05 bits per heavy atom. The summed E-state index contributed by atoms with van der Waals surface area (Å²) in [6, 6.07) is 4.58. The van der Waals surface area contributed by atoms with Crippen molar-refractivity contribution in [2.45, 2.75) is 39.2 Å². The first-order valence-corrected chi connectivity index (χ1v) is 6.75. The Labute approximate surface area is 123 Å². The average Bonchev–Trinajstić information content (AvgIpc) is 2.35. The molecule has 0 aliphatic carbocycles. The van der Waals surface area contributed by atoms with Crippen LogP contribution in [-0.4, -0.2) is 22.6 Å². The number of aliphatic carboxylic acids is 1. The minimum Gasteiger partial charge on any atom is -0.480 e. The quantitative estimate of drug-likeness (QED) is 0.779. The van der Waals surface area contributed by atoms with Crippen molar-refractivity contribution in [3.8, 4) is 0 Å². The second kappa shape index (κ2) is 6.61. The molecule has 1 rings (SSSR count). The molecule has 3 N–H and O–H groups in total. The Bertz CT molecular complexity index is 519. The largest absolute Gasteiger partial charge is 0.480 e. The fourth-order valence-electron chi connectivity index (χ4n) is 1.87. The molecule has 0 bridgehead atoms. The number of halogens is 1. The van der Waals surface area contributed by atoms with Gasteiger partial charge in [-0.2, -0.15) is 0 Å². The minimum atomic E-state index is -1.29. The fraction of sp³-hybridized carbons (Fsp3) is 0.429. The fourth-order valence-corrected chi connectivity index (χ4v) is 2.04. The summed E-state index contributed by atoms with van der Waals surface area (Å²) in [4.78, 5) is 23.2. The van der Waals surface area contributed by atoms with E-state index in [1.54, 1.807) is 25.1 Å². The molecule has 0 saturated carbocycles. The predicted octanol–water partition coefficient (Wildman–Crippen LogP) is 3.41. The van der Waals surface area contributed by atoms with Gasteiger partial charge in [0.1, 0.15) is 5.54 Å². The van der Waals surface area contributed by atoms with Crippen LogP contribution in [0.5, 0.6) is 0 Å². The number of urea groups is 1. The predicted molar refractivity (Wildman–Crippen MR) is 79.3 cm³/mol. The number of carboxylic acids is 1. The third-order valence-corrected chi connectivity index (χ3v) is 3.54. The molecule has 1 unspecified atom stereocenters. The van der Waals surface area contributed by atoms with E-state index in [0.717, 1.165) is 5.56 Å². The van der Waals surface area contributed by atoms with Gasteiger partial charge in [-0.3, -0.25) is 0 Å². The van der Waals surface area contributed by atoms with Gasteiger partial charge in [-0.05, 0) is 38.0 Å². The van der Waals surface area contributed by atoms with Crippen LogP contribution in [0, 0.1) is 6.92 Å². The van der Waals surface area contributed by atoms with Gasteiger partial charge in [-0.1, -0.05) is 31.0 Å². The maximum atomic E-state index is 11.9. The number of carbonyl (C=O) groups excluding carboxylic acids is 1. The van der Waals surface area contributed by atoms with Gasteiger partial charge in [0.2, 0.25) is 0 Å². The summed E-state index contributed by atoms with van der Waals surface area (Å²) in [7, 11) is 0. The number of hydrogen-bond acceptors (Lipinski definition) is 2. The van der Waals surface area contributed by atoms with E-state index in [9.17, 15) is 14.7 Å². The van der Waals surface area contributed by atoms with Crippen molar-refractivity contribution in [1.82, 2.24) is 5.32 Å². The van der Waals surface area contributed by atoms with Crippen molar-refractivity contribution in [3.63, 3.8) is 0 Å². The molecule has 0 fully saturated rings. The van der Waals surface area contributed by atoms with Gasteiger partial charge in [-0.25, -0.2) is 9.59 Å². The van der Waals surface area contributed by atoms with Gasteiger partial charge in [0.25, 0.3) is 0 Å². The molecule has 6 heteroatoms. The molecule has 0 aliphatic rings. The lowest BCUT2D eigenvalue weighted by molar-refractivity contribution is -0.143. The van der Waals surface area contributed by atoms with E-state index in [1.165, 1.54) is 6.92 Å². The zero-order valence-corrected chi connectivity index (χ0v) is 12.5. The number of benzene rings is 1. The van der Waals surface area contributed by atoms with E-state index in [1.807, 2.05) is 6.92 Å². The lowest BCUT2D eigenvalue weighted by Crippen LogP contribution is -2.53. The van der Waals surface area contributed by atoms with Crippen molar-refractivity contribution in [2.24, 2.45) is 0 Å². The van der Waals surface area contributed by atoms with E-state index in [2.05, 4.69) is 10.6 Å². The maximum Gasteiger partial charge on any atom is 0.329 e. The van der Waals surface area contributed by atoms with Gasteiger partial charge in [0.15, 0.2) is 0 Å². The molecule has 0 spiro atoms. The van der Waals surface area contributed by atoms with E-state index in [0.29, 0.717) is 23.6 Å². The number of anilines is 1. The summed E-state index contributed by atoms with van der Waals surface area (Å²) in [5, 5.41) is 14.9. The molecule has 5 nitrogen and oxygen atoms in total. The number of amides is 2. The van der Waals surface area contributed by atoms with Crippen LogP contribution in [0.3, 0.4) is 0 Å². The second-order valence-corrected chi connectivity index (χ2v) is 5.29. The van der Waals surface area contributed by atoms with Crippen LogP contribution in [0.25, 0.3) is 0 Å². The highest BCUT2D eigenvalue weighted by Crippen LogP contribution is 2.23. The summed E-state index contributed by atoms with van der Waals surface area (Å²) in [5.41, 5.74) is 0.00164. The Hall–Kier alpha value is -1.75. The lowest BCUT2D eigenvalue weighted by Gasteiger charge is -2.26. The molecule has 1 atom stereocenters. The van der Waals surface area contributed by atoms with Crippen LogP contribution in [0.4, 0.5) is 10.5 Å². The first-order chi connectivity index (χ1) is 9.30. The summed E-state index contributed by atoms with van der Waals surface area (Å²) in [5.74, 6) is -1.06. The standard InChI is InChI=1S/C14H19ClN2O3/c1-4-8-14(3,12(18)19)17-13(20)16-11-7-5-6-10(15)9(11)2/h5-7H,4,8H2,1-3H3,(H,18,19)(H2,16,17,20). The Morgan fingerprint density at radius 1 is 1.40 bits per heavy atom. The normalized spacial score (nSPS) is 13.4. The Morgan fingerprint density at radius 3 is 2.60 bits per heavy atom.